The number of rotatable bonds is 3. The highest BCUT2D eigenvalue weighted by Crippen LogP contribution is 2.31. The maximum absolute atomic E-state index is 13.1. The van der Waals surface area contributed by atoms with E-state index in [2.05, 4.69) is 47.3 Å². The zero-order valence-electron chi connectivity index (χ0n) is 16.0. The molecule has 0 bridgehead atoms. The average Bonchev–Trinajstić information content (AvgIpc) is 3.19. The van der Waals surface area contributed by atoms with Crippen molar-refractivity contribution < 1.29 is 4.79 Å². The van der Waals surface area contributed by atoms with Crippen molar-refractivity contribution >= 4 is 28.3 Å². The van der Waals surface area contributed by atoms with Crippen molar-refractivity contribution in [1.29, 1.82) is 0 Å². The van der Waals surface area contributed by atoms with Gasteiger partial charge < -0.3 is 10.2 Å². The molecule has 1 amide bonds. The van der Waals surface area contributed by atoms with Crippen LogP contribution in [0, 0.1) is 20.8 Å². The standard InChI is InChI=1S/C22H24N4O/c1-14-6-7-15(2)19(12-14)25-20-17-9-8-16(3)24-21(17)23-13-18(20)22(27)26-10-4-5-11-26/h6-9,12-13H,4-5,10-11H2,1-3H3,(H,23,24,25). The second-order valence-electron chi connectivity index (χ2n) is 7.31. The number of nitrogens with zero attached hydrogens (tertiary/aromatic N) is 3. The minimum atomic E-state index is 0.0373. The number of hydrogen-bond acceptors (Lipinski definition) is 4. The fourth-order valence-corrected chi connectivity index (χ4v) is 3.56. The number of aromatic nitrogens is 2. The lowest BCUT2D eigenvalue weighted by atomic mass is 10.1. The molecule has 0 spiro atoms. The first-order valence-corrected chi connectivity index (χ1v) is 9.43. The van der Waals surface area contributed by atoms with Crippen LogP contribution >= 0.6 is 0 Å². The van der Waals surface area contributed by atoms with Gasteiger partial charge >= 0.3 is 0 Å². The minimum absolute atomic E-state index is 0.0373. The quantitative estimate of drug-likeness (QED) is 0.745. The molecule has 27 heavy (non-hydrogen) atoms. The van der Waals surface area contributed by atoms with E-state index in [4.69, 9.17) is 0 Å². The highest BCUT2D eigenvalue weighted by Gasteiger charge is 2.24. The number of carbonyl (C=O) groups excluding carboxylic acids is 1. The number of aryl methyl sites for hydroxylation is 3. The Morgan fingerprint density at radius 3 is 2.63 bits per heavy atom. The lowest BCUT2D eigenvalue weighted by Gasteiger charge is -2.20. The summed E-state index contributed by atoms with van der Waals surface area (Å²) in [4.78, 5) is 24.1. The van der Waals surface area contributed by atoms with Crippen molar-refractivity contribution in [2.75, 3.05) is 18.4 Å². The zero-order chi connectivity index (χ0) is 19.0. The summed E-state index contributed by atoms with van der Waals surface area (Å²) >= 11 is 0. The van der Waals surface area contributed by atoms with Gasteiger partial charge in [0.05, 0.1) is 11.3 Å². The summed E-state index contributed by atoms with van der Waals surface area (Å²) in [6.07, 6.45) is 3.80. The van der Waals surface area contributed by atoms with E-state index in [1.54, 1.807) is 6.20 Å². The van der Waals surface area contributed by atoms with E-state index in [0.717, 1.165) is 53.9 Å². The van der Waals surface area contributed by atoms with E-state index in [1.807, 2.05) is 24.0 Å². The molecule has 4 rings (SSSR count). The van der Waals surface area contributed by atoms with Gasteiger partial charge in [-0.2, -0.15) is 0 Å². The average molecular weight is 360 g/mol. The molecule has 1 saturated heterocycles. The number of benzene rings is 1. The van der Waals surface area contributed by atoms with E-state index >= 15 is 0 Å². The Balaban J connectivity index is 1.87. The number of hydrogen-bond donors (Lipinski definition) is 1. The van der Waals surface area contributed by atoms with Crippen molar-refractivity contribution in [2.24, 2.45) is 0 Å². The van der Waals surface area contributed by atoms with Crippen LogP contribution in [0.5, 0.6) is 0 Å². The van der Waals surface area contributed by atoms with Crippen LogP contribution in [0.25, 0.3) is 11.0 Å². The van der Waals surface area contributed by atoms with Gasteiger partial charge in [0.25, 0.3) is 5.91 Å². The first-order chi connectivity index (χ1) is 13.0. The molecule has 3 aromatic rings. The third kappa shape index (κ3) is 3.37. The van der Waals surface area contributed by atoms with E-state index < -0.39 is 0 Å². The molecule has 5 heteroatoms. The van der Waals surface area contributed by atoms with Gasteiger partial charge in [-0.25, -0.2) is 9.97 Å². The van der Waals surface area contributed by atoms with Crippen LogP contribution < -0.4 is 5.32 Å². The first-order valence-electron chi connectivity index (χ1n) is 9.43. The number of likely N-dealkylation sites (tertiary alicyclic amines) is 1. The highest BCUT2D eigenvalue weighted by molar-refractivity contribution is 6.07. The Labute approximate surface area is 159 Å². The lowest BCUT2D eigenvalue weighted by Crippen LogP contribution is -2.28. The Morgan fingerprint density at radius 1 is 1.07 bits per heavy atom. The summed E-state index contributed by atoms with van der Waals surface area (Å²) in [7, 11) is 0. The van der Waals surface area contributed by atoms with Crippen LogP contribution in [0.3, 0.4) is 0 Å². The second-order valence-corrected chi connectivity index (χ2v) is 7.31. The highest BCUT2D eigenvalue weighted by atomic mass is 16.2. The number of amides is 1. The predicted molar refractivity (Wildman–Crippen MR) is 109 cm³/mol. The molecule has 0 atom stereocenters. The molecular weight excluding hydrogens is 336 g/mol. The third-order valence-electron chi connectivity index (χ3n) is 5.15. The molecule has 2 aromatic heterocycles. The number of anilines is 2. The molecule has 5 nitrogen and oxygen atoms in total. The van der Waals surface area contributed by atoms with Crippen molar-refractivity contribution in [3.8, 4) is 0 Å². The molecule has 0 radical (unpaired) electrons. The van der Waals surface area contributed by atoms with Gasteiger partial charge in [-0.1, -0.05) is 12.1 Å². The molecule has 0 unspecified atom stereocenters. The number of pyridine rings is 2. The van der Waals surface area contributed by atoms with E-state index in [1.165, 1.54) is 5.56 Å². The maximum Gasteiger partial charge on any atom is 0.257 e. The Bertz CT molecular complexity index is 1020. The largest absolute Gasteiger partial charge is 0.354 e. The molecule has 138 valence electrons. The summed E-state index contributed by atoms with van der Waals surface area (Å²) in [6.45, 7) is 7.70. The van der Waals surface area contributed by atoms with E-state index in [-0.39, 0.29) is 5.91 Å². The van der Waals surface area contributed by atoms with Gasteiger partial charge in [-0.05, 0) is 62.9 Å². The number of nitrogens with one attached hydrogen (secondary N) is 1. The Morgan fingerprint density at radius 2 is 1.85 bits per heavy atom. The SMILES string of the molecule is Cc1ccc(C)c(Nc2c(C(=O)N3CCCC3)cnc3nc(C)ccc23)c1. The molecule has 1 aliphatic rings. The summed E-state index contributed by atoms with van der Waals surface area (Å²) < 4.78 is 0. The fourth-order valence-electron chi connectivity index (χ4n) is 3.56. The molecule has 3 heterocycles. The molecule has 0 saturated carbocycles. The lowest BCUT2D eigenvalue weighted by molar-refractivity contribution is 0.0793. The van der Waals surface area contributed by atoms with Gasteiger partial charge in [0, 0.05) is 36.1 Å². The summed E-state index contributed by atoms with van der Waals surface area (Å²) in [5, 5.41) is 4.39. The molecule has 1 N–H and O–H groups in total. The smallest absolute Gasteiger partial charge is 0.257 e. The van der Waals surface area contributed by atoms with Crippen LogP contribution in [0.4, 0.5) is 11.4 Å². The third-order valence-corrected chi connectivity index (χ3v) is 5.15. The van der Waals surface area contributed by atoms with Crippen LogP contribution in [0.2, 0.25) is 0 Å². The van der Waals surface area contributed by atoms with Crippen molar-refractivity contribution in [2.45, 2.75) is 33.6 Å². The normalized spacial score (nSPS) is 14.0. The number of fused-ring (bicyclic) bond motifs is 1. The van der Waals surface area contributed by atoms with Crippen molar-refractivity contribution in [1.82, 2.24) is 14.9 Å². The van der Waals surface area contributed by atoms with E-state index in [0.29, 0.717) is 11.2 Å². The van der Waals surface area contributed by atoms with Crippen molar-refractivity contribution in [3.63, 3.8) is 0 Å². The minimum Gasteiger partial charge on any atom is -0.354 e. The zero-order valence-corrected chi connectivity index (χ0v) is 16.0. The monoisotopic (exact) mass is 360 g/mol. The van der Waals surface area contributed by atoms with Crippen LogP contribution in [0.15, 0.2) is 36.5 Å². The molecule has 1 aromatic carbocycles. The Hall–Kier alpha value is -2.95. The first kappa shape index (κ1) is 17.5. The predicted octanol–water partition coefficient (Wildman–Crippen LogP) is 4.53. The molecule has 1 aliphatic heterocycles. The van der Waals surface area contributed by atoms with Crippen LogP contribution in [-0.4, -0.2) is 33.9 Å². The fraction of sp³-hybridized carbons (Fsp3) is 0.318. The summed E-state index contributed by atoms with van der Waals surface area (Å²) in [6, 6.07) is 10.2. The molecule has 1 fully saturated rings. The second kappa shape index (κ2) is 6.99. The number of carbonyl (C=O) groups is 1. The topological polar surface area (TPSA) is 58.1 Å². The van der Waals surface area contributed by atoms with Crippen LogP contribution in [0.1, 0.15) is 40.0 Å². The maximum atomic E-state index is 13.1. The van der Waals surface area contributed by atoms with Crippen LogP contribution in [-0.2, 0) is 0 Å². The Kier molecular flexibility index (Phi) is 4.52. The molecular formula is C22H24N4O. The van der Waals surface area contributed by atoms with Gasteiger partial charge in [-0.15, -0.1) is 0 Å². The summed E-state index contributed by atoms with van der Waals surface area (Å²) in [5.74, 6) is 0.0373. The van der Waals surface area contributed by atoms with Gasteiger partial charge in [-0.3, -0.25) is 4.79 Å². The summed E-state index contributed by atoms with van der Waals surface area (Å²) in [5.41, 5.74) is 6.26. The van der Waals surface area contributed by atoms with Gasteiger partial charge in [0.15, 0.2) is 5.65 Å². The van der Waals surface area contributed by atoms with Gasteiger partial charge in [0.2, 0.25) is 0 Å². The van der Waals surface area contributed by atoms with Crippen molar-refractivity contribution in [3.05, 3.63) is 58.9 Å². The molecule has 0 aliphatic carbocycles. The van der Waals surface area contributed by atoms with E-state index in [9.17, 15) is 4.79 Å². The van der Waals surface area contributed by atoms with Gasteiger partial charge in [0.1, 0.15) is 0 Å².